The molecule has 1 N–H and O–H groups in total. The molecule has 1 heterocycles. The number of hydrogen-bond donors (Lipinski definition) is 1. The average molecular weight is 421 g/mol. The van der Waals surface area contributed by atoms with Gasteiger partial charge in [0.25, 0.3) is 5.91 Å². The van der Waals surface area contributed by atoms with E-state index in [4.69, 9.17) is 4.74 Å². The van der Waals surface area contributed by atoms with Gasteiger partial charge in [-0.3, -0.25) is 14.4 Å². The van der Waals surface area contributed by atoms with Gasteiger partial charge in [0.15, 0.2) is 6.10 Å². The Labute approximate surface area is 182 Å². The number of esters is 1. The van der Waals surface area contributed by atoms with Crippen molar-refractivity contribution < 1.29 is 19.1 Å². The minimum atomic E-state index is -0.952. The van der Waals surface area contributed by atoms with Crippen molar-refractivity contribution >= 4 is 23.5 Å². The standard InChI is InChI=1S/C25H28N2O4/c1-17(31-25(30)19-15-23(28)27(16-19)20-11-5-6-12-20)24(29)26-22-14-8-7-13-21(22)18-9-3-2-4-10-18/h2-4,7-10,13-14,17,19-20H,5-6,11-12,15-16H2,1H3,(H,26,29)/t17-,19+/m1/s1. The van der Waals surface area contributed by atoms with Gasteiger partial charge in [0.2, 0.25) is 5.91 Å². The normalized spacial score (nSPS) is 20.0. The number of likely N-dealkylation sites (tertiary alicyclic amines) is 1. The van der Waals surface area contributed by atoms with E-state index in [0.717, 1.165) is 36.8 Å². The summed E-state index contributed by atoms with van der Waals surface area (Å²) in [6.07, 6.45) is 3.49. The molecule has 31 heavy (non-hydrogen) atoms. The largest absolute Gasteiger partial charge is 0.452 e. The number of nitrogens with one attached hydrogen (secondary N) is 1. The number of rotatable bonds is 6. The van der Waals surface area contributed by atoms with E-state index in [1.807, 2.05) is 59.5 Å². The van der Waals surface area contributed by atoms with Gasteiger partial charge in [-0.15, -0.1) is 0 Å². The summed E-state index contributed by atoms with van der Waals surface area (Å²) in [5.74, 6) is -1.36. The van der Waals surface area contributed by atoms with Crippen LogP contribution in [0.1, 0.15) is 39.0 Å². The van der Waals surface area contributed by atoms with Crippen LogP contribution in [0.4, 0.5) is 5.69 Å². The summed E-state index contributed by atoms with van der Waals surface area (Å²) in [4.78, 5) is 39.5. The van der Waals surface area contributed by atoms with Crippen LogP contribution < -0.4 is 5.32 Å². The molecule has 0 radical (unpaired) electrons. The maximum atomic E-state index is 12.7. The van der Waals surface area contributed by atoms with Gasteiger partial charge in [-0.05, 0) is 31.4 Å². The number of nitrogens with zero attached hydrogens (tertiary/aromatic N) is 1. The number of amides is 2. The van der Waals surface area contributed by atoms with Crippen molar-refractivity contribution in [2.24, 2.45) is 5.92 Å². The fraction of sp³-hybridized carbons (Fsp3) is 0.400. The van der Waals surface area contributed by atoms with Crippen LogP contribution in [-0.4, -0.2) is 41.4 Å². The molecule has 1 saturated heterocycles. The average Bonchev–Trinajstić information content (AvgIpc) is 3.44. The molecule has 1 aliphatic heterocycles. The molecule has 1 aliphatic carbocycles. The van der Waals surface area contributed by atoms with E-state index in [0.29, 0.717) is 12.2 Å². The minimum Gasteiger partial charge on any atom is -0.452 e. The molecule has 2 atom stereocenters. The van der Waals surface area contributed by atoms with Crippen molar-refractivity contribution in [3.63, 3.8) is 0 Å². The van der Waals surface area contributed by atoms with E-state index in [1.54, 1.807) is 6.92 Å². The highest BCUT2D eigenvalue weighted by atomic mass is 16.5. The molecule has 0 unspecified atom stereocenters. The summed E-state index contributed by atoms with van der Waals surface area (Å²) in [5.41, 5.74) is 2.54. The van der Waals surface area contributed by atoms with Crippen molar-refractivity contribution in [3.8, 4) is 11.1 Å². The SMILES string of the molecule is C[C@@H](OC(=O)[C@H]1CC(=O)N(C2CCCC2)C1)C(=O)Nc1ccccc1-c1ccccc1. The lowest BCUT2D eigenvalue weighted by atomic mass is 10.0. The summed E-state index contributed by atoms with van der Waals surface area (Å²) >= 11 is 0. The minimum absolute atomic E-state index is 0.0164. The van der Waals surface area contributed by atoms with Gasteiger partial charge in [-0.1, -0.05) is 61.4 Å². The highest BCUT2D eigenvalue weighted by molar-refractivity contribution is 5.99. The molecule has 2 aromatic rings. The third-order valence-corrected chi connectivity index (χ3v) is 6.19. The van der Waals surface area contributed by atoms with Crippen LogP contribution >= 0.6 is 0 Å². The predicted octanol–water partition coefficient (Wildman–Crippen LogP) is 4.01. The molecule has 2 amide bonds. The molecule has 0 spiro atoms. The van der Waals surface area contributed by atoms with Crippen LogP contribution in [0.15, 0.2) is 54.6 Å². The fourth-order valence-corrected chi connectivity index (χ4v) is 4.48. The van der Waals surface area contributed by atoms with E-state index >= 15 is 0 Å². The number of ether oxygens (including phenoxy) is 1. The van der Waals surface area contributed by atoms with Crippen molar-refractivity contribution in [2.45, 2.75) is 51.2 Å². The second kappa shape index (κ2) is 9.33. The Balaban J connectivity index is 1.36. The van der Waals surface area contributed by atoms with Crippen molar-refractivity contribution in [3.05, 3.63) is 54.6 Å². The Morgan fingerprint density at radius 1 is 1.03 bits per heavy atom. The number of para-hydroxylation sites is 1. The van der Waals surface area contributed by atoms with Crippen LogP contribution in [0.3, 0.4) is 0 Å². The fourth-order valence-electron chi connectivity index (χ4n) is 4.48. The molecule has 0 bridgehead atoms. The van der Waals surface area contributed by atoms with Gasteiger partial charge in [0, 0.05) is 30.3 Å². The number of anilines is 1. The summed E-state index contributed by atoms with van der Waals surface area (Å²) in [5, 5.41) is 2.87. The smallest absolute Gasteiger partial charge is 0.312 e. The summed E-state index contributed by atoms with van der Waals surface area (Å²) in [7, 11) is 0. The highest BCUT2D eigenvalue weighted by Crippen LogP contribution is 2.30. The third-order valence-electron chi connectivity index (χ3n) is 6.19. The maximum absolute atomic E-state index is 12.7. The number of carbonyl (C=O) groups excluding carboxylic acids is 3. The van der Waals surface area contributed by atoms with Crippen molar-refractivity contribution in [2.75, 3.05) is 11.9 Å². The molecule has 2 aliphatic rings. The van der Waals surface area contributed by atoms with E-state index in [-0.39, 0.29) is 18.4 Å². The van der Waals surface area contributed by atoms with Crippen LogP contribution in [0.25, 0.3) is 11.1 Å². The molecule has 2 fully saturated rings. The molecular formula is C25H28N2O4. The number of carbonyl (C=O) groups is 3. The van der Waals surface area contributed by atoms with Crippen molar-refractivity contribution in [1.29, 1.82) is 0 Å². The van der Waals surface area contributed by atoms with Gasteiger partial charge in [-0.2, -0.15) is 0 Å². The van der Waals surface area contributed by atoms with Gasteiger partial charge in [0.1, 0.15) is 0 Å². The van der Waals surface area contributed by atoms with E-state index in [1.165, 1.54) is 0 Å². The zero-order chi connectivity index (χ0) is 21.8. The van der Waals surface area contributed by atoms with E-state index in [9.17, 15) is 14.4 Å². The molecule has 0 aromatic heterocycles. The van der Waals surface area contributed by atoms with Crippen LogP contribution in [0.2, 0.25) is 0 Å². The lowest BCUT2D eigenvalue weighted by molar-refractivity contribution is -0.157. The first-order valence-corrected chi connectivity index (χ1v) is 11.0. The predicted molar refractivity (Wildman–Crippen MR) is 118 cm³/mol. The van der Waals surface area contributed by atoms with Gasteiger partial charge in [0.05, 0.1) is 5.92 Å². The second-order valence-corrected chi connectivity index (χ2v) is 8.37. The Morgan fingerprint density at radius 3 is 2.45 bits per heavy atom. The van der Waals surface area contributed by atoms with E-state index in [2.05, 4.69) is 5.32 Å². The molecule has 6 nitrogen and oxygen atoms in total. The lowest BCUT2D eigenvalue weighted by Crippen LogP contribution is -2.36. The Hall–Kier alpha value is -3.15. The summed E-state index contributed by atoms with van der Waals surface area (Å²) < 4.78 is 5.44. The molecule has 4 rings (SSSR count). The lowest BCUT2D eigenvalue weighted by Gasteiger charge is -2.24. The molecule has 6 heteroatoms. The first-order valence-electron chi connectivity index (χ1n) is 11.0. The zero-order valence-electron chi connectivity index (χ0n) is 17.8. The summed E-state index contributed by atoms with van der Waals surface area (Å²) in [6.45, 7) is 1.96. The summed E-state index contributed by atoms with van der Waals surface area (Å²) in [6, 6.07) is 17.5. The Morgan fingerprint density at radius 2 is 1.71 bits per heavy atom. The van der Waals surface area contributed by atoms with Gasteiger partial charge >= 0.3 is 5.97 Å². The van der Waals surface area contributed by atoms with Crippen LogP contribution in [0, 0.1) is 5.92 Å². The molecular weight excluding hydrogens is 392 g/mol. The zero-order valence-corrected chi connectivity index (χ0v) is 17.8. The quantitative estimate of drug-likeness (QED) is 0.717. The first-order chi connectivity index (χ1) is 15.0. The molecule has 2 aromatic carbocycles. The van der Waals surface area contributed by atoms with Gasteiger partial charge < -0.3 is 15.0 Å². The van der Waals surface area contributed by atoms with Gasteiger partial charge in [-0.25, -0.2) is 0 Å². The highest BCUT2D eigenvalue weighted by Gasteiger charge is 2.40. The topological polar surface area (TPSA) is 75.7 Å². The monoisotopic (exact) mass is 420 g/mol. The molecule has 1 saturated carbocycles. The molecule has 162 valence electrons. The number of hydrogen-bond acceptors (Lipinski definition) is 4. The van der Waals surface area contributed by atoms with E-state index < -0.39 is 23.9 Å². The second-order valence-electron chi connectivity index (χ2n) is 8.37. The van der Waals surface area contributed by atoms with Crippen LogP contribution in [0.5, 0.6) is 0 Å². The van der Waals surface area contributed by atoms with Crippen LogP contribution in [-0.2, 0) is 19.1 Å². The maximum Gasteiger partial charge on any atom is 0.312 e. The Kier molecular flexibility index (Phi) is 6.35. The first kappa shape index (κ1) is 21.1. The van der Waals surface area contributed by atoms with Crippen molar-refractivity contribution in [1.82, 2.24) is 4.90 Å². The Bertz CT molecular complexity index is 953. The third kappa shape index (κ3) is 4.79. The number of benzene rings is 2.